The second kappa shape index (κ2) is 5.38. The molecule has 1 saturated carbocycles. The molecule has 0 atom stereocenters. The van der Waals surface area contributed by atoms with Crippen LogP contribution in [-0.2, 0) is 22.2 Å². The van der Waals surface area contributed by atoms with Crippen molar-refractivity contribution in [1.29, 1.82) is 0 Å². The largest absolute Gasteiger partial charge is 0.481 e. The topological polar surface area (TPSA) is 66.4 Å². The highest BCUT2D eigenvalue weighted by Gasteiger charge is 2.50. The van der Waals surface area contributed by atoms with Gasteiger partial charge in [-0.3, -0.25) is 9.59 Å². The summed E-state index contributed by atoms with van der Waals surface area (Å²) in [6.45, 7) is 0.0573. The number of aliphatic carboxylic acids is 1. The highest BCUT2D eigenvalue weighted by molar-refractivity contribution is 5.82. The highest BCUT2D eigenvalue weighted by Crippen LogP contribution is 2.45. The normalized spacial score (nSPS) is 16.3. The predicted molar refractivity (Wildman–Crippen MR) is 67.5 cm³/mol. The van der Waals surface area contributed by atoms with Gasteiger partial charge in [-0.2, -0.15) is 13.2 Å². The maximum atomic E-state index is 12.4. The minimum atomic E-state index is -4.40. The van der Waals surface area contributed by atoms with Gasteiger partial charge in [0.15, 0.2) is 0 Å². The zero-order valence-corrected chi connectivity index (χ0v) is 11.0. The van der Waals surface area contributed by atoms with Crippen molar-refractivity contribution in [1.82, 2.24) is 5.32 Å². The summed E-state index contributed by atoms with van der Waals surface area (Å²) in [4.78, 5) is 22.6. The maximum Gasteiger partial charge on any atom is 0.416 e. The molecule has 1 aromatic rings. The average molecular weight is 301 g/mol. The van der Waals surface area contributed by atoms with Crippen molar-refractivity contribution in [3.05, 3.63) is 35.4 Å². The van der Waals surface area contributed by atoms with E-state index >= 15 is 0 Å². The molecule has 4 nitrogen and oxygen atoms in total. The third kappa shape index (κ3) is 3.74. The van der Waals surface area contributed by atoms with Crippen LogP contribution in [-0.4, -0.2) is 23.5 Å². The summed E-state index contributed by atoms with van der Waals surface area (Å²) in [5, 5.41) is 11.5. The van der Waals surface area contributed by atoms with Crippen LogP contribution in [0, 0.1) is 5.41 Å². The summed E-state index contributed by atoms with van der Waals surface area (Å²) < 4.78 is 37.1. The minimum absolute atomic E-state index is 0.0573. The molecule has 21 heavy (non-hydrogen) atoms. The van der Waals surface area contributed by atoms with Gasteiger partial charge in [-0.1, -0.05) is 12.1 Å². The van der Waals surface area contributed by atoms with Crippen LogP contribution in [0.4, 0.5) is 13.2 Å². The van der Waals surface area contributed by atoms with Crippen molar-refractivity contribution < 1.29 is 27.9 Å². The summed E-state index contributed by atoms with van der Waals surface area (Å²) >= 11 is 0. The minimum Gasteiger partial charge on any atom is -0.481 e. The zero-order valence-electron chi connectivity index (χ0n) is 11.0. The molecular formula is C14H14F3NO3. The van der Waals surface area contributed by atoms with Crippen LogP contribution in [0.15, 0.2) is 24.3 Å². The SMILES string of the molecule is O=C(Cc1ccc(C(F)(F)F)cc1)NCC1(C(=O)O)CC1. The van der Waals surface area contributed by atoms with E-state index in [4.69, 9.17) is 5.11 Å². The Labute approximate surface area is 119 Å². The quantitative estimate of drug-likeness (QED) is 0.876. The molecule has 1 aromatic carbocycles. The van der Waals surface area contributed by atoms with Crippen molar-refractivity contribution in [3.8, 4) is 0 Å². The molecule has 2 N–H and O–H groups in total. The van der Waals surface area contributed by atoms with E-state index in [1.807, 2.05) is 0 Å². The van der Waals surface area contributed by atoms with Crippen LogP contribution < -0.4 is 5.32 Å². The predicted octanol–water partition coefficient (Wildman–Crippen LogP) is 2.23. The molecular weight excluding hydrogens is 287 g/mol. The molecule has 0 spiro atoms. The van der Waals surface area contributed by atoms with E-state index in [0.717, 1.165) is 12.1 Å². The fourth-order valence-corrected chi connectivity index (χ4v) is 1.94. The Morgan fingerprint density at radius 2 is 1.76 bits per heavy atom. The molecule has 0 unspecified atom stereocenters. The molecule has 0 aromatic heterocycles. The van der Waals surface area contributed by atoms with Gasteiger partial charge < -0.3 is 10.4 Å². The van der Waals surface area contributed by atoms with Gasteiger partial charge in [0.05, 0.1) is 17.4 Å². The molecule has 0 radical (unpaired) electrons. The Bertz CT molecular complexity index is 548. The third-order valence-electron chi connectivity index (χ3n) is 3.58. The van der Waals surface area contributed by atoms with Gasteiger partial charge in [-0.15, -0.1) is 0 Å². The second-order valence-corrected chi connectivity index (χ2v) is 5.23. The summed E-state index contributed by atoms with van der Waals surface area (Å²) in [7, 11) is 0. The molecule has 1 aliphatic rings. The molecule has 1 fully saturated rings. The van der Waals surface area contributed by atoms with E-state index in [1.54, 1.807) is 0 Å². The molecule has 0 aliphatic heterocycles. The third-order valence-corrected chi connectivity index (χ3v) is 3.58. The molecule has 1 aliphatic carbocycles. The number of carbonyl (C=O) groups is 2. The van der Waals surface area contributed by atoms with Crippen LogP contribution in [0.3, 0.4) is 0 Å². The van der Waals surface area contributed by atoms with Gasteiger partial charge in [0, 0.05) is 6.54 Å². The molecule has 1 amide bonds. The zero-order chi connectivity index (χ0) is 15.7. The molecule has 0 heterocycles. The van der Waals surface area contributed by atoms with E-state index < -0.39 is 29.0 Å². The number of halogens is 3. The first-order valence-electron chi connectivity index (χ1n) is 6.39. The fourth-order valence-electron chi connectivity index (χ4n) is 1.94. The van der Waals surface area contributed by atoms with Crippen LogP contribution in [0.1, 0.15) is 24.0 Å². The molecule has 114 valence electrons. The Hall–Kier alpha value is -2.05. The molecule has 2 rings (SSSR count). The van der Waals surface area contributed by atoms with Crippen LogP contribution in [0.25, 0.3) is 0 Å². The van der Waals surface area contributed by atoms with Gasteiger partial charge in [0.2, 0.25) is 5.91 Å². The Kier molecular flexibility index (Phi) is 3.93. The number of alkyl halides is 3. The Morgan fingerprint density at radius 1 is 1.19 bits per heavy atom. The Balaban J connectivity index is 1.87. The first-order valence-corrected chi connectivity index (χ1v) is 6.39. The average Bonchev–Trinajstić information content (AvgIpc) is 3.17. The Morgan fingerprint density at radius 3 is 2.19 bits per heavy atom. The highest BCUT2D eigenvalue weighted by atomic mass is 19.4. The first-order chi connectivity index (χ1) is 9.73. The van der Waals surface area contributed by atoms with E-state index in [9.17, 15) is 22.8 Å². The van der Waals surface area contributed by atoms with Gasteiger partial charge in [-0.25, -0.2) is 0 Å². The lowest BCUT2D eigenvalue weighted by Crippen LogP contribution is -2.35. The van der Waals surface area contributed by atoms with Crippen LogP contribution in [0.5, 0.6) is 0 Å². The number of carboxylic acid groups (broad SMARTS) is 1. The first kappa shape index (κ1) is 15.3. The number of hydrogen-bond donors (Lipinski definition) is 2. The standard InChI is InChI=1S/C14H14F3NO3/c15-14(16,17)10-3-1-9(2-4-10)7-11(19)18-8-13(5-6-13)12(20)21/h1-4H,5-8H2,(H,18,19)(H,20,21). The van der Waals surface area contributed by atoms with Crippen molar-refractivity contribution >= 4 is 11.9 Å². The van der Waals surface area contributed by atoms with Gasteiger partial charge >= 0.3 is 12.1 Å². The number of rotatable bonds is 5. The maximum absolute atomic E-state index is 12.4. The van der Waals surface area contributed by atoms with E-state index in [-0.39, 0.29) is 13.0 Å². The van der Waals surface area contributed by atoms with Crippen molar-refractivity contribution in [2.24, 2.45) is 5.41 Å². The lowest BCUT2D eigenvalue weighted by Gasteiger charge is -2.11. The summed E-state index contributed by atoms with van der Waals surface area (Å²) in [5.41, 5.74) is -1.18. The fraction of sp³-hybridized carbons (Fsp3) is 0.429. The molecule has 7 heteroatoms. The monoisotopic (exact) mass is 301 g/mol. The number of carboxylic acids is 1. The van der Waals surface area contributed by atoms with Gasteiger partial charge in [0.25, 0.3) is 0 Å². The number of nitrogens with one attached hydrogen (secondary N) is 1. The van der Waals surface area contributed by atoms with Gasteiger partial charge in [-0.05, 0) is 30.5 Å². The van der Waals surface area contributed by atoms with E-state index in [1.165, 1.54) is 12.1 Å². The van der Waals surface area contributed by atoms with Gasteiger partial charge in [0.1, 0.15) is 0 Å². The van der Waals surface area contributed by atoms with Crippen molar-refractivity contribution in [2.45, 2.75) is 25.4 Å². The number of amides is 1. The molecule has 0 bridgehead atoms. The lowest BCUT2D eigenvalue weighted by molar-refractivity contribution is -0.143. The number of hydrogen-bond acceptors (Lipinski definition) is 2. The second-order valence-electron chi connectivity index (χ2n) is 5.23. The van der Waals surface area contributed by atoms with Crippen molar-refractivity contribution in [2.75, 3.05) is 6.54 Å². The smallest absolute Gasteiger partial charge is 0.416 e. The lowest BCUT2D eigenvalue weighted by atomic mass is 10.1. The summed E-state index contributed by atoms with van der Waals surface area (Å²) in [5.74, 6) is -1.33. The molecule has 0 saturated heterocycles. The summed E-state index contributed by atoms with van der Waals surface area (Å²) in [6.07, 6.45) is -3.42. The van der Waals surface area contributed by atoms with E-state index in [2.05, 4.69) is 5.32 Å². The number of benzene rings is 1. The van der Waals surface area contributed by atoms with Crippen LogP contribution >= 0.6 is 0 Å². The van der Waals surface area contributed by atoms with Crippen molar-refractivity contribution in [3.63, 3.8) is 0 Å². The van der Waals surface area contributed by atoms with Crippen LogP contribution in [0.2, 0.25) is 0 Å². The number of carbonyl (C=O) groups excluding carboxylic acids is 1. The van der Waals surface area contributed by atoms with E-state index in [0.29, 0.717) is 18.4 Å². The summed E-state index contributed by atoms with van der Waals surface area (Å²) in [6, 6.07) is 4.32.